The maximum Gasteiger partial charge on any atom is 0.335 e. The number of carboxylic acids is 1. The monoisotopic (exact) mass is 596 g/mol. The molecule has 0 aliphatic carbocycles. The Morgan fingerprint density at radius 3 is 2.42 bits per heavy atom. The molecule has 0 amide bonds. The highest BCUT2D eigenvalue weighted by atomic mass is 16.7. The van der Waals surface area contributed by atoms with Crippen LogP contribution in [0.1, 0.15) is 28.7 Å². The summed E-state index contributed by atoms with van der Waals surface area (Å²) in [5.41, 5.74) is 3.94. The third kappa shape index (κ3) is 4.90. The van der Waals surface area contributed by atoms with E-state index in [1.807, 2.05) is 36.4 Å². The fraction of sp³-hybridized carbons (Fsp3) is 0.387. The highest BCUT2D eigenvalue weighted by Gasteiger charge is 2.49. The van der Waals surface area contributed by atoms with E-state index < -0.39 is 42.8 Å². The highest BCUT2D eigenvalue weighted by molar-refractivity contribution is 5.75. The molecule has 7 unspecified atom stereocenters. The van der Waals surface area contributed by atoms with Crippen LogP contribution in [-0.4, -0.2) is 89.6 Å². The van der Waals surface area contributed by atoms with Crippen LogP contribution in [0.5, 0.6) is 28.7 Å². The van der Waals surface area contributed by atoms with E-state index in [0.717, 1.165) is 22.3 Å². The summed E-state index contributed by atoms with van der Waals surface area (Å²) < 4.78 is 35.4. The second-order valence-corrected chi connectivity index (χ2v) is 10.5. The molecular formula is C31H32O12. The third-order valence-electron chi connectivity index (χ3n) is 8.08. The van der Waals surface area contributed by atoms with E-state index in [1.165, 1.54) is 14.2 Å². The quantitative estimate of drug-likeness (QED) is 0.256. The molecule has 3 aromatic rings. The van der Waals surface area contributed by atoms with Crippen molar-refractivity contribution in [3.63, 3.8) is 0 Å². The number of fused-ring (bicyclic) bond motifs is 5. The molecular weight excluding hydrogens is 564 g/mol. The predicted octanol–water partition coefficient (Wildman–Crippen LogP) is 1.79. The smallest absolute Gasteiger partial charge is 0.335 e. The third-order valence-corrected chi connectivity index (χ3v) is 8.08. The molecule has 228 valence electrons. The largest absolute Gasteiger partial charge is 0.493 e. The van der Waals surface area contributed by atoms with Crippen molar-refractivity contribution in [1.29, 1.82) is 0 Å². The van der Waals surface area contributed by atoms with Crippen LogP contribution in [0.2, 0.25) is 0 Å². The van der Waals surface area contributed by atoms with Gasteiger partial charge in [-0.25, -0.2) is 4.79 Å². The molecule has 1 fully saturated rings. The van der Waals surface area contributed by atoms with Gasteiger partial charge in [0, 0.05) is 23.8 Å². The summed E-state index contributed by atoms with van der Waals surface area (Å²) in [7, 11) is 3.07. The highest BCUT2D eigenvalue weighted by Crippen LogP contribution is 2.59. The number of aliphatic carboxylic acids is 1. The predicted molar refractivity (Wildman–Crippen MR) is 149 cm³/mol. The summed E-state index contributed by atoms with van der Waals surface area (Å²) >= 11 is 0. The molecule has 0 saturated carbocycles. The van der Waals surface area contributed by atoms with Gasteiger partial charge >= 0.3 is 5.97 Å². The Labute approximate surface area is 246 Å². The average molecular weight is 597 g/mol. The molecule has 43 heavy (non-hydrogen) atoms. The molecule has 0 spiro atoms. The molecule has 3 aromatic carbocycles. The Kier molecular flexibility index (Phi) is 7.79. The van der Waals surface area contributed by atoms with Crippen molar-refractivity contribution in [3.8, 4) is 39.9 Å². The Bertz CT molecular complexity index is 1510. The van der Waals surface area contributed by atoms with Crippen molar-refractivity contribution in [2.45, 2.75) is 49.1 Å². The van der Waals surface area contributed by atoms with Gasteiger partial charge in [-0.15, -0.1) is 0 Å². The van der Waals surface area contributed by atoms with Crippen LogP contribution in [0.4, 0.5) is 0 Å². The number of hydrogen-bond acceptors (Lipinski definition) is 11. The van der Waals surface area contributed by atoms with Gasteiger partial charge < -0.3 is 54.0 Å². The topological polar surface area (TPSA) is 174 Å². The van der Waals surface area contributed by atoms with E-state index in [4.69, 9.17) is 28.4 Å². The summed E-state index contributed by atoms with van der Waals surface area (Å²) in [5.74, 6) is 0.284. The van der Waals surface area contributed by atoms with E-state index in [0.29, 0.717) is 35.0 Å². The Balaban J connectivity index is 1.44. The second-order valence-electron chi connectivity index (χ2n) is 10.5. The van der Waals surface area contributed by atoms with Gasteiger partial charge in [-0.1, -0.05) is 30.3 Å². The zero-order valence-electron chi connectivity index (χ0n) is 23.4. The minimum atomic E-state index is -1.84. The number of aliphatic hydroxyl groups is 4. The normalized spacial score (nSPS) is 27.2. The van der Waals surface area contributed by atoms with Gasteiger partial charge in [-0.2, -0.15) is 0 Å². The Morgan fingerprint density at radius 1 is 0.977 bits per heavy atom. The van der Waals surface area contributed by atoms with E-state index in [2.05, 4.69) is 0 Å². The molecule has 3 aliphatic rings. The molecule has 0 aromatic heterocycles. The van der Waals surface area contributed by atoms with Gasteiger partial charge in [0.25, 0.3) is 0 Å². The number of benzene rings is 3. The van der Waals surface area contributed by atoms with Gasteiger partial charge in [-0.05, 0) is 35.2 Å². The maximum atomic E-state index is 11.6. The van der Waals surface area contributed by atoms with Gasteiger partial charge in [0.1, 0.15) is 35.9 Å². The molecule has 0 bridgehead atoms. The van der Waals surface area contributed by atoms with Gasteiger partial charge in [-0.3, -0.25) is 0 Å². The second kappa shape index (κ2) is 11.5. The van der Waals surface area contributed by atoms with Crippen molar-refractivity contribution >= 4 is 5.97 Å². The van der Waals surface area contributed by atoms with E-state index >= 15 is 0 Å². The van der Waals surface area contributed by atoms with Crippen LogP contribution in [0, 0.1) is 0 Å². The number of hydrogen-bond donors (Lipinski definition) is 5. The molecule has 0 radical (unpaired) electrons. The minimum Gasteiger partial charge on any atom is -0.493 e. The molecule has 6 rings (SSSR count). The lowest BCUT2D eigenvalue weighted by Gasteiger charge is -2.38. The molecule has 3 aliphatic heterocycles. The fourth-order valence-corrected chi connectivity index (χ4v) is 6.07. The number of ether oxygens (including phenoxy) is 6. The maximum absolute atomic E-state index is 11.6. The molecule has 12 nitrogen and oxygen atoms in total. The first-order valence-electron chi connectivity index (χ1n) is 13.8. The van der Waals surface area contributed by atoms with Crippen LogP contribution in [-0.2, 0) is 16.0 Å². The Hall–Kier alpha value is -4.07. The first kappa shape index (κ1) is 29.0. The zero-order valence-corrected chi connectivity index (χ0v) is 23.4. The van der Waals surface area contributed by atoms with E-state index in [1.54, 1.807) is 12.1 Å². The lowest BCUT2D eigenvalue weighted by atomic mass is 9.83. The molecule has 1 saturated heterocycles. The van der Waals surface area contributed by atoms with Crippen molar-refractivity contribution in [2.75, 3.05) is 27.4 Å². The average Bonchev–Trinajstić information content (AvgIpc) is 3.41. The van der Waals surface area contributed by atoms with Crippen LogP contribution < -0.4 is 23.7 Å². The summed E-state index contributed by atoms with van der Waals surface area (Å²) in [6.45, 7) is 0.154. The first-order valence-corrected chi connectivity index (χ1v) is 13.8. The lowest BCUT2D eigenvalue weighted by molar-refractivity contribution is -0.271. The zero-order chi connectivity index (χ0) is 30.4. The number of rotatable bonds is 8. The van der Waals surface area contributed by atoms with Crippen LogP contribution in [0.3, 0.4) is 0 Å². The van der Waals surface area contributed by atoms with E-state index in [9.17, 15) is 30.3 Å². The van der Waals surface area contributed by atoms with Gasteiger partial charge in [0.15, 0.2) is 17.6 Å². The summed E-state index contributed by atoms with van der Waals surface area (Å²) in [5, 5.41) is 50.1. The molecule has 3 heterocycles. The minimum absolute atomic E-state index is 0.0731. The lowest BCUT2D eigenvalue weighted by Crippen LogP contribution is -2.61. The number of methoxy groups -OCH3 is 2. The SMILES string of the molecule is COc1cc(CCO)c2c(c1OC)OC1c3c(cc(OC4OC(C(=O)O)C(O)C(O)C4O)cc3-c3ccccc3)OCC21. The number of carbonyl (C=O) groups is 1. The molecule has 7 atom stereocenters. The molecule has 5 N–H and O–H groups in total. The number of aliphatic hydroxyl groups excluding tert-OH is 4. The Morgan fingerprint density at radius 2 is 1.74 bits per heavy atom. The van der Waals surface area contributed by atoms with Crippen molar-refractivity contribution < 1.29 is 58.7 Å². The van der Waals surface area contributed by atoms with Crippen molar-refractivity contribution in [3.05, 3.63) is 65.2 Å². The van der Waals surface area contributed by atoms with Gasteiger partial charge in [0.05, 0.1) is 26.7 Å². The van der Waals surface area contributed by atoms with Crippen LogP contribution >= 0.6 is 0 Å². The fourth-order valence-electron chi connectivity index (χ4n) is 6.07. The van der Waals surface area contributed by atoms with Gasteiger partial charge in [0.2, 0.25) is 12.0 Å². The van der Waals surface area contributed by atoms with Crippen LogP contribution in [0.15, 0.2) is 48.5 Å². The van der Waals surface area contributed by atoms with Crippen molar-refractivity contribution in [2.24, 2.45) is 0 Å². The first-order chi connectivity index (χ1) is 20.8. The number of carboxylic acid groups (broad SMARTS) is 1. The summed E-state index contributed by atoms with van der Waals surface area (Å²) in [6.07, 6.45) is -8.92. The molecule has 12 heteroatoms. The standard InChI is InChI=1S/C31H32O12/c1-38-20-10-15(8-9-32)21-18-13-40-19-12-16(41-31-25(35)23(33)24(34)29(43-31)30(36)37)11-17(14-6-4-3-5-7-14)22(19)26(18)42-28(21)27(20)39-2/h3-7,10-12,18,23-26,29,31-35H,8-9,13H2,1-2H3,(H,36,37). The van der Waals surface area contributed by atoms with E-state index in [-0.39, 0.29) is 24.9 Å². The summed E-state index contributed by atoms with van der Waals surface area (Å²) in [6, 6.07) is 14.5. The van der Waals surface area contributed by atoms with Crippen molar-refractivity contribution in [1.82, 2.24) is 0 Å². The van der Waals surface area contributed by atoms with Crippen LogP contribution in [0.25, 0.3) is 11.1 Å². The summed E-state index contributed by atoms with van der Waals surface area (Å²) in [4.78, 5) is 11.6.